The molecule has 2 aromatic rings. The summed E-state index contributed by atoms with van der Waals surface area (Å²) in [4.78, 5) is 16.6. The summed E-state index contributed by atoms with van der Waals surface area (Å²) in [6.07, 6.45) is 0. The predicted molar refractivity (Wildman–Crippen MR) is 94.8 cm³/mol. The van der Waals surface area contributed by atoms with E-state index in [9.17, 15) is 4.79 Å². The van der Waals surface area contributed by atoms with Crippen molar-refractivity contribution in [1.82, 2.24) is 5.43 Å². The van der Waals surface area contributed by atoms with Crippen LogP contribution in [0.25, 0.3) is 0 Å². The van der Waals surface area contributed by atoms with Crippen molar-refractivity contribution >= 4 is 23.1 Å². The van der Waals surface area contributed by atoms with E-state index in [2.05, 4.69) is 20.8 Å². The molecule has 0 saturated carbocycles. The highest BCUT2D eigenvalue weighted by Gasteiger charge is 2.13. The van der Waals surface area contributed by atoms with Gasteiger partial charge < -0.3 is 10.1 Å². The number of methoxy groups -OCH3 is 1. The molecule has 24 heavy (non-hydrogen) atoms. The van der Waals surface area contributed by atoms with Crippen molar-refractivity contribution in [1.29, 1.82) is 0 Å². The summed E-state index contributed by atoms with van der Waals surface area (Å²) in [7, 11) is 1.58. The van der Waals surface area contributed by atoms with Gasteiger partial charge in [0.25, 0.3) is 5.91 Å². The van der Waals surface area contributed by atoms with Crippen molar-refractivity contribution in [2.75, 3.05) is 12.4 Å². The van der Waals surface area contributed by atoms with Gasteiger partial charge in [-0.2, -0.15) is 5.10 Å². The summed E-state index contributed by atoms with van der Waals surface area (Å²) in [5, 5.41) is 7.36. The number of hydrazone groups is 1. The van der Waals surface area contributed by atoms with E-state index in [1.54, 1.807) is 38.3 Å². The maximum atomic E-state index is 12.1. The third kappa shape index (κ3) is 3.43. The standard InChI is InChI=1S/C18H18N4O2/c1-12(17-19-11-14-5-3-4-6-16(14)20-17)21-22-18(23)13-7-9-15(24-2)10-8-13/h3-10H,11H2,1-2H3,(H,19,20)(H,22,23). The zero-order chi connectivity index (χ0) is 16.9. The van der Waals surface area contributed by atoms with E-state index in [-0.39, 0.29) is 5.91 Å². The lowest BCUT2D eigenvalue weighted by molar-refractivity contribution is 0.0955. The number of carbonyl (C=O) groups excluding carboxylic acids is 1. The van der Waals surface area contributed by atoms with Crippen LogP contribution in [0, 0.1) is 0 Å². The Kier molecular flexibility index (Phi) is 4.56. The van der Waals surface area contributed by atoms with Crippen LogP contribution in [0.2, 0.25) is 0 Å². The summed E-state index contributed by atoms with van der Waals surface area (Å²) < 4.78 is 5.07. The molecule has 0 fully saturated rings. The maximum absolute atomic E-state index is 12.1. The van der Waals surface area contributed by atoms with Gasteiger partial charge in [-0.3, -0.25) is 9.79 Å². The van der Waals surface area contributed by atoms with Gasteiger partial charge in [0.1, 0.15) is 11.6 Å². The number of hydrogen-bond donors (Lipinski definition) is 2. The Morgan fingerprint density at radius 2 is 1.96 bits per heavy atom. The molecule has 2 N–H and O–H groups in total. The van der Waals surface area contributed by atoms with Gasteiger partial charge in [-0.15, -0.1) is 0 Å². The number of amidine groups is 1. The Balaban J connectivity index is 1.66. The van der Waals surface area contributed by atoms with Crippen LogP contribution in [-0.2, 0) is 6.54 Å². The quantitative estimate of drug-likeness (QED) is 0.671. The monoisotopic (exact) mass is 322 g/mol. The van der Waals surface area contributed by atoms with Gasteiger partial charge in [-0.25, -0.2) is 5.43 Å². The molecule has 3 rings (SSSR count). The summed E-state index contributed by atoms with van der Waals surface area (Å²) in [5.41, 5.74) is 5.82. The first kappa shape index (κ1) is 15.7. The molecule has 2 aromatic carbocycles. The average Bonchev–Trinajstić information content (AvgIpc) is 2.65. The van der Waals surface area contributed by atoms with Gasteiger partial charge in [0, 0.05) is 11.3 Å². The fourth-order valence-corrected chi connectivity index (χ4v) is 2.31. The number of benzene rings is 2. The smallest absolute Gasteiger partial charge is 0.271 e. The minimum Gasteiger partial charge on any atom is -0.497 e. The molecular weight excluding hydrogens is 304 g/mol. The lowest BCUT2D eigenvalue weighted by atomic mass is 10.1. The summed E-state index contributed by atoms with van der Waals surface area (Å²) >= 11 is 0. The molecule has 122 valence electrons. The Bertz CT molecular complexity index is 810. The van der Waals surface area contributed by atoms with Gasteiger partial charge >= 0.3 is 0 Å². The van der Waals surface area contributed by atoms with Crippen molar-refractivity contribution < 1.29 is 9.53 Å². The second-order valence-corrected chi connectivity index (χ2v) is 5.31. The van der Waals surface area contributed by atoms with Crippen molar-refractivity contribution in [3.8, 4) is 5.75 Å². The molecule has 6 heteroatoms. The van der Waals surface area contributed by atoms with E-state index >= 15 is 0 Å². The summed E-state index contributed by atoms with van der Waals surface area (Å²) in [5.74, 6) is 1.07. The molecule has 0 aliphatic carbocycles. The van der Waals surface area contributed by atoms with E-state index in [0.29, 0.717) is 29.4 Å². The molecular formula is C18H18N4O2. The Hall–Kier alpha value is -3.15. The normalized spacial score (nSPS) is 13.4. The van der Waals surface area contributed by atoms with E-state index < -0.39 is 0 Å². The van der Waals surface area contributed by atoms with Gasteiger partial charge in [0.2, 0.25) is 0 Å². The van der Waals surface area contributed by atoms with E-state index in [4.69, 9.17) is 4.74 Å². The molecule has 1 heterocycles. The number of rotatable bonds is 4. The number of ether oxygens (including phenoxy) is 1. The number of nitrogens with zero attached hydrogens (tertiary/aromatic N) is 2. The van der Waals surface area contributed by atoms with Crippen LogP contribution in [0.5, 0.6) is 5.75 Å². The lowest BCUT2D eigenvalue weighted by Gasteiger charge is -2.17. The van der Waals surface area contributed by atoms with Crippen LogP contribution >= 0.6 is 0 Å². The zero-order valence-electron chi connectivity index (χ0n) is 13.5. The van der Waals surface area contributed by atoms with Crippen LogP contribution < -0.4 is 15.5 Å². The SMILES string of the molecule is COc1ccc(C(=O)NN=C(C)C2=NCc3ccccc3N2)cc1. The number of anilines is 1. The number of carbonyl (C=O) groups is 1. The molecule has 1 amide bonds. The molecule has 0 spiro atoms. The lowest BCUT2D eigenvalue weighted by Crippen LogP contribution is -2.28. The number of para-hydroxylation sites is 1. The van der Waals surface area contributed by atoms with E-state index in [0.717, 1.165) is 11.3 Å². The van der Waals surface area contributed by atoms with Gasteiger partial charge in [-0.05, 0) is 42.8 Å². The number of nitrogens with one attached hydrogen (secondary N) is 2. The van der Waals surface area contributed by atoms with Crippen molar-refractivity contribution in [2.45, 2.75) is 13.5 Å². The first-order chi connectivity index (χ1) is 11.7. The zero-order valence-corrected chi connectivity index (χ0v) is 13.5. The van der Waals surface area contributed by atoms with Crippen molar-refractivity contribution in [3.63, 3.8) is 0 Å². The molecule has 0 bridgehead atoms. The van der Waals surface area contributed by atoms with E-state index in [1.807, 2.05) is 24.3 Å². The first-order valence-corrected chi connectivity index (χ1v) is 7.56. The fraction of sp³-hybridized carbons (Fsp3) is 0.167. The Labute approximate surface area is 140 Å². The molecule has 0 saturated heterocycles. The minimum atomic E-state index is -0.284. The van der Waals surface area contributed by atoms with Gasteiger partial charge in [-0.1, -0.05) is 18.2 Å². The number of aliphatic imine (C=N–C) groups is 1. The minimum absolute atomic E-state index is 0.284. The van der Waals surface area contributed by atoms with Gasteiger partial charge in [0.15, 0.2) is 0 Å². The van der Waals surface area contributed by atoms with Crippen molar-refractivity contribution in [3.05, 3.63) is 59.7 Å². The van der Waals surface area contributed by atoms with E-state index in [1.165, 1.54) is 0 Å². The topological polar surface area (TPSA) is 75.1 Å². The second-order valence-electron chi connectivity index (χ2n) is 5.31. The molecule has 0 unspecified atom stereocenters. The predicted octanol–water partition coefficient (Wildman–Crippen LogP) is 2.83. The number of fused-ring (bicyclic) bond motifs is 1. The third-order valence-electron chi connectivity index (χ3n) is 3.70. The van der Waals surface area contributed by atoms with Crippen LogP contribution in [0.4, 0.5) is 5.69 Å². The third-order valence-corrected chi connectivity index (χ3v) is 3.70. The molecule has 1 aliphatic heterocycles. The Morgan fingerprint density at radius 3 is 2.71 bits per heavy atom. The van der Waals surface area contributed by atoms with Crippen molar-refractivity contribution in [2.24, 2.45) is 10.1 Å². The summed E-state index contributed by atoms with van der Waals surface area (Å²) in [6.45, 7) is 2.39. The fourth-order valence-electron chi connectivity index (χ4n) is 2.31. The molecule has 6 nitrogen and oxygen atoms in total. The Morgan fingerprint density at radius 1 is 1.21 bits per heavy atom. The summed E-state index contributed by atoms with van der Waals surface area (Å²) in [6, 6.07) is 14.8. The molecule has 0 aromatic heterocycles. The number of hydrogen-bond acceptors (Lipinski definition) is 5. The van der Waals surface area contributed by atoms with Crippen LogP contribution in [0.3, 0.4) is 0 Å². The highest BCUT2D eigenvalue weighted by molar-refractivity contribution is 6.45. The molecule has 0 radical (unpaired) electrons. The van der Waals surface area contributed by atoms with Crippen LogP contribution in [-0.4, -0.2) is 24.6 Å². The second kappa shape index (κ2) is 6.95. The average molecular weight is 322 g/mol. The highest BCUT2D eigenvalue weighted by atomic mass is 16.5. The molecule has 0 atom stereocenters. The maximum Gasteiger partial charge on any atom is 0.271 e. The van der Waals surface area contributed by atoms with Crippen LogP contribution in [0.15, 0.2) is 58.6 Å². The highest BCUT2D eigenvalue weighted by Crippen LogP contribution is 2.20. The van der Waals surface area contributed by atoms with Gasteiger partial charge in [0.05, 0.1) is 19.4 Å². The van der Waals surface area contributed by atoms with Crippen LogP contribution in [0.1, 0.15) is 22.8 Å². The first-order valence-electron chi connectivity index (χ1n) is 7.56. The number of amides is 1. The largest absolute Gasteiger partial charge is 0.497 e. The molecule has 1 aliphatic rings.